The Bertz CT molecular complexity index is 388. The van der Waals surface area contributed by atoms with Gasteiger partial charge in [0.05, 0.1) is 11.7 Å². The van der Waals surface area contributed by atoms with Gasteiger partial charge in [-0.2, -0.15) is 0 Å². The van der Waals surface area contributed by atoms with Gasteiger partial charge in [0.25, 0.3) is 0 Å². The van der Waals surface area contributed by atoms with Gasteiger partial charge in [-0.15, -0.1) is 0 Å². The third kappa shape index (κ3) is 3.21. The maximum atomic E-state index is 11.6. The van der Waals surface area contributed by atoms with E-state index >= 15 is 0 Å². The molecule has 15 heavy (non-hydrogen) atoms. The summed E-state index contributed by atoms with van der Waals surface area (Å²) in [4.78, 5) is 11.6. The van der Waals surface area contributed by atoms with Gasteiger partial charge in [0, 0.05) is 9.50 Å². The third-order valence-electron chi connectivity index (χ3n) is 1.81. The summed E-state index contributed by atoms with van der Waals surface area (Å²) in [7, 11) is 0. The van der Waals surface area contributed by atoms with Crippen molar-refractivity contribution in [3.63, 3.8) is 0 Å². The molecular weight excluding hydrogens is 279 g/mol. The molecule has 0 heterocycles. The number of carbonyl (C=O) groups is 1. The second kappa shape index (κ2) is 4.99. The molecule has 0 unspecified atom stereocenters. The molecule has 0 bridgehead atoms. The third-order valence-corrected chi connectivity index (χ3v) is 2.87. The van der Waals surface area contributed by atoms with E-state index in [1.807, 2.05) is 20.8 Å². The minimum absolute atomic E-state index is 0.135. The highest BCUT2D eigenvalue weighted by Crippen LogP contribution is 2.25. The second-order valence-corrected chi connectivity index (χ2v) is 4.80. The highest BCUT2D eigenvalue weighted by atomic mass is 79.9. The van der Waals surface area contributed by atoms with Gasteiger partial charge in [0.1, 0.15) is 0 Å². The summed E-state index contributed by atoms with van der Waals surface area (Å²) >= 11 is 9.25. The topological polar surface area (TPSA) is 26.3 Å². The van der Waals surface area contributed by atoms with E-state index in [-0.39, 0.29) is 12.1 Å². The Balaban J connectivity index is 3.04. The van der Waals surface area contributed by atoms with Gasteiger partial charge < -0.3 is 4.74 Å². The summed E-state index contributed by atoms with van der Waals surface area (Å²) in [5.74, 6) is -0.362. The molecule has 0 aliphatic heterocycles. The second-order valence-electron chi connectivity index (χ2n) is 3.54. The molecule has 0 aromatic heterocycles. The van der Waals surface area contributed by atoms with Crippen molar-refractivity contribution in [1.29, 1.82) is 0 Å². The van der Waals surface area contributed by atoms with E-state index in [2.05, 4.69) is 15.9 Å². The van der Waals surface area contributed by atoms with E-state index in [1.54, 1.807) is 12.1 Å². The lowest BCUT2D eigenvalue weighted by atomic mass is 10.1. The number of carbonyl (C=O) groups excluding carboxylic acids is 1. The molecule has 82 valence electrons. The number of hydrogen-bond acceptors (Lipinski definition) is 2. The van der Waals surface area contributed by atoms with Crippen LogP contribution >= 0.6 is 27.5 Å². The van der Waals surface area contributed by atoms with Crippen LogP contribution in [0, 0.1) is 6.92 Å². The first kappa shape index (κ1) is 12.5. The lowest BCUT2D eigenvalue weighted by Gasteiger charge is -2.10. The molecule has 1 aromatic rings. The minimum Gasteiger partial charge on any atom is -0.459 e. The fourth-order valence-electron chi connectivity index (χ4n) is 1.08. The molecule has 0 saturated heterocycles. The van der Waals surface area contributed by atoms with Crippen molar-refractivity contribution in [1.82, 2.24) is 0 Å². The zero-order valence-electron chi connectivity index (χ0n) is 8.80. The quantitative estimate of drug-likeness (QED) is 0.771. The van der Waals surface area contributed by atoms with Gasteiger partial charge in [-0.1, -0.05) is 11.6 Å². The summed E-state index contributed by atoms with van der Waals surface area (Å²) in [6.07, 6.45) is -0.135. The highest BCUT2D eigenvalue weighted by Gasteiger charge is 2.14. The van der Waals surface area contributed by atoms with Crippen LogP contribution in [0.15, 0.2) is 16.6 Å². The average Bonchev–Trinajstić information content (AvgIpc) is 2.09. The van der Waals surface area contributed by atoms with Crippen molar-refractivity contribution in [2.75, 3.05) is 0 Å². The zero-order valence-corrected chi connectivity index (χ0v) is 11.1. The number of rotatable bonds is 2. The Hall–Kier alpha value is -0.540. The number of ether oxygens (including phenoxy) is 1. The van der Waals surface area contributed by atoms with Crippen LogP contribution in [0.2, 0.25) is 5.02 Å². The van der Waals surface area contributed by atoms with Crippen molar-refractivity contribution >= 4 is 33.5 Å². The predicted molar refractivity (Wildman–Crippen MR) is 64.4 cm³/mol. The van der Waals surface area contributed by atoms with Crippen molar-refractivity contribution in [2.45, 2.75) is 26.9 Å². The lowest BCUT2D eigenvalue weighted by Crippen LogP contribution is -2.12. The van der Waals surface area contributed by atoms with E-state index in [0.29, 0.717) is 15.1 Å². The molecule has 0 radical (unpaired) electrons. The number of esters is 1. The van der Waals surface area contributed by atoms with Gasteiger partial charge in [-0.05, 0) is 54.4 Å². The first-order valence-electron chi connectivity index (χ1n) is 4.58. The van der Waals surface area contributed by atoms with Crippen LogP contribution in [0.25, 0.3) is 0 Å². The summed E-state index contributed by atoms with van der Waals surface area (Å²) in [6, 6.07) is 3.42. The van der Waals surface area contributed by atoms with Crippen molar-refractivity contribution in [3.05, 3.63) is 32.8 Å². The van der Waals surface area contributed by atoms with Crippen molar-refractivity contribution < 1.29 is 9.53 Å². The largest absolute Gasteiger partial charge is 0.459 e. The fraction of sp³-hybridized carbons (Fsp3) is 0.364. The van der Waals surface area contributed by atoms with Crippen LogP contribution in [0.1, 0.15) is 29.8 Å². The molecule has 0 aliphatic rings. The van der Waals surface area contributed by atoms with Gasteiger partial charge in [0.15, 0.2) is 0 Å². The zero-order chi connectivity index (χ0) is 11.6. The molecule has 4 heteroatoms. The average molecular weight is 292 g/mol. The molecule has 2 nitrogen and oxygen atoms in total. The summed E-state index contributed by atoms with van der Waals surface area (Å²) in [5, 5.41) is 0.564. The van der Waals surface area contributed by atoms with Crippen molar-refractivity contribution in [3.8, 4) is 0 Å². The molecular formula is C11H12BrClO2. The van der Waals surface area contributed by atoms with Gasteiger partial charge in [-0.25, -0.2) is 4.79 Å². The number of aryl methyl sites for hydroxylation is 1. The Morgan fingerprint density at radius 1 is 1.47 bits per heavy atom. The van der Waals surface area contributed by atoms with Gasteiger partial charge >= 0.3 is 5.97 Å². The molecule has 0 spiro atoms. The van der Waals surface area contributed by atoms with Crippen LogP contribution in [0.3, 0.4) is 0 Å². The van der Waals surface area contributed by atoms with E-state index in [0.717, 1.165) is 5.56 Å². The Kier molecular flexibility index (Phi) is 4.17. The predicted octanol–water partition coefficient (Wildman–Crippen LogP) is 3.98. The number of hydrogen-bond donors (Lipinski definition) is 0. The lowest BCUT2D eigenvalue weighted by molar-refractivity contribution is 0.0377. The van der Waals surface area contributed by atoms with Crippen LogP contribution in [0.4, 0.5) is 0 Å². The maximum Gasteiger partial charge on any atom is 0.339 e. The standard InChI is InChI=1S/C11H12BrClO2/c1-6(2)15-11(14)8-5-10(13)7(3)4-9(8)12/h4-6H,1-3H3. The molecule has 0 aliphatic carbocycles. The van der Waals surface area contributed by atoms with E-state index in [1.165, 1.54) is 0 Å². The molecule has 1 aromatic carbocycles. The van der Waals surface area contributed by atoms with Gasteiger partial charge in [-0.3, -0.25) is 0 Å². The van der Waals surface area contributed by atoms with E-state index in [9.17, 15) is 4.79 Å². The van der Waals surface area contributed by atoms with Crippen LogP contribution in [-0.4, -0.2) is 12.1 Å². The van der Waals surface area contributed by atoms with Gasteiger partial charge in [0.2, 0.25) is 0 Å². The molecule has 1 rings (SSSR count). The first-order valence-corrected chi connectivity index (χ1v) is 5.75. The summed E-state index contributed by atoms with van der Waals surface area (Å²) < 4.78 is 5.79. The Labute approximate surface area is 103 Å². The first-order chi connectivity index (χ1) is 6.91. The highest BCUT2D eigenvalue weighted by molar-refractivity contribution is 9.10. The van der Waals surface area contributed by atoms with Crippen LogP contribution in [0.5, 0.6) is 0 Å². The summed E-state index contributed by atoms with van der Waals surface area (Å²) in [6.45, 7) is 5.49. The monoisotopic (exact) mass is 290 g/mol. The number of halogens is 2. The maximum absolute atomic E-state index is 11.6. The summed E-state index contributed by atoms with van der Waals surface area (Å²) in [5.41, 5.74) is 1.38. The normalized spacial score (nSPS) is 10.5. The molecule has 0 fully saturated rings. The van der Waals surface area contributed by atoms with Crippen LogP contribution < -0.4 is 0 Å². The molecule has 0 N–H and O–H groups in total. The fourth-order valence-corrected chi connectivity index (χ4v) is 1.86. The van der Waals surface area contributed by atoms with Crippen LogP contribution in [-0.2, 0) is 4.74 Å². The minimum atomic E-state index is -0.362. The smallest absolute Gasteiger partial charge is 0.339 e. The molecule has 0 amide bonds. The van der Waals surface area contributed by atoms with E-state index < -0.39 is 0 Å². The molecule has 0 saturated carbocycles. The SMILES string of the molecule is Cc1cc(Br)c(C(=O)OC(C)C)cc1Cl. The Morgan fingerprint density at radius 3 is 2.60 bits per heavy atom. The van der Waals surface area contributed by atoms with E-state index in [4.69, 9.17) is 16.3 Å². The Morgan fingerprint density at radius 2 is 2.07 bits per heavy atom. The number of benzene rings is 1. The molecule has 0 atom stereocenters. The van der Waals surface area contributed by atoms with Crippen molar-refractivity contribution in [2.24, 2.45) is 0 Å².